The summed E-state index contributed by atoms with van der Waals surface area (Å²) in [7, 11) is 0. The molecule has 0 spiro atoms. The molecular formula is C30H33FN4O2. The Balaban J connectivity index is 1.04. The van der Waals surface area contributed by atoms with Crippen LogP contribution < -0.4 is 4.74 Å². The normalized spacial score (nSPS) is 22.9. The molecular weight excluding hydrogens is 467 g/mol. The van der Waals surface area contributed by atoms with Crippen molar-refractivity contribution in [2.75, 3.05) is 26.2 Å². The van der Waals surface area contributed by atoms with Gasteiger partial charge < -0.3 is 9.72 Å². The molecule has 3 aromatic heterocycles. The summed E-state index contributed by atoms with van der Waals surface area (Å²) in [5.74, 6) is 1.81. The van der Waals surface area contributed by atoms with Gasteiger partial charge in [-0.15, -0.1) is 0 Å². The van der Waals surface area contributed by atoms with E-state index in [9.17, 15) is 9.18 Å². The fourth-order valence-corrected chi connectivity index (χ4v) is 6.28. The molecule has 1 unspecified atom stereocenters. The van der Waals surface area contributed by atoms with E-state index in [1.807, 2.05) is 24.7 Å². The number of nitrogens with one attached hydrogen (secondary N) is 1. The van der Waals surface area contributed by atoms with Crippen molar-refractivity contribution in [3.8, 4) is 5.75 Å². The summed E-state index contributed by atoms with van der Waals surface area (Å²) in [6.45, 7) is 2.99. The number of carbonyl (C=O) groups is 1. The van der Waals surface area contributed by atoms with Gasteiger partial charge in [0.2, 0.25) is 0 Å². The highest BCUT2D eigenvalue weighted by atomic mass is 19.1. The fraction of sp³-hybridized carbons (Fsp3) is 0.433. The standard InChI is InChI=1S/C30H33FN4O2/c31-23-7-9-24(10-8-23)37-19-20-2-1-15-35(17-20)18-28(36)22-5-3-21(4-6-22)25-11-13-32-27-16-34-30-26(29(25)27)12-14-33-30/h7-14,16,20-22,32H,1-6,15,17-19H2. The van der Waals surface area contributed by atoms with E-state index in [1.165, 1.54) is 23.1 Å². The molecule has 1 saturated carbocycles. The Morgan fingerprint density at radius 1 is 1.05 bits per heavy atom. The van der Waals surface area contributed by atoms with Gasteiger partial charge >= 0.3 is 0 Å². The van der Waals surface area contributed by atoms with E-state index in [2.05, 4.69) is 25.9 Å². The van der Waals surface area contributed by atoms with Crippen LogP contribution in [0, 0.1) is 17.7 Å². The number of hydrogen-bond acceptors (Lipinski definition) is 5. The minimum absolute atomic E-state index is 0.149. The number of nitrogens with zero attached hydrogens (tertiary/aromatic N) is 3. The molecule has 1 saturated heterocycles. The second kappa shape index (κ2) is 10.6. The molecule has 1 aliphatic carbocycles. The zero-order valence-electron chi connectivity index (χ0n) is 21.0. The van der Waals surface area contributed by atoms with E-state index in [4.69, 9.17) is 4.74 Å². The number of ether oxygens (including phenoxy) is 1. The largest absolute Gasteiger partial charge is 0.493 e. The lowest BCUT2D eigenvalue weighted by molar-refractivity contribution is -0.125. The maximum absolute atomic E-state index is 13.2. The summed E-state index contributed by atoms with van der Waals surface area (Å²) < 4.78 is 19.0. The van der Waals surface area contributed by atoms with Gasteiger partial charge in [0.05, 0.1) is 24.9 Å². The topological polar surface area (TPSA) is 71.1 Å². The van der Waals surface area contributed by atoms with Crippen molar-refractivity contribution >= 4 is 27.7 Å². The Morgan fingerprint density at radius 3 is 2.73 bits per heavy atom. The molecule has 6 nitrogen and oxygen atoms in total. The first-order valence-corrected chi connectivity index (χ1v) is 13.5. The van der Waals surface area contributed by atoms with Gasteiger partial charge in [-0.3, -0.25) is 9.69 Å². The van der Waals surface area contributed by atoms with Crippen LogP contribution in [0.25, 0.3) is 21.9 Å². The van der Waals surface area contributed by atoms with E-state index in [-0.39, 0.29) is 11.7 Å². The molecule has 1 N–H and O–H groups in total. The van der Waals surface area contributed by atoms with Crippen LogP contribution in [0.3, 0.4) is 0 Å². The smallest absolute Gasteiger partial charge is 0.159 e. The quantitative estimate of drug-likeness (QED) is 0.343. The molecule has 0 bridgehead atoms. The van der Waals surface area contributed by atoms with Crippen molar-refractivity contribution in [1.82, 2.24) is 19.9 Å². The first kappa shape index (κ1) is 24.0. The monoisotopic (exact) mass is 500 g/mol. The van der Waals surface area contributed by atoms with Gasteiger partial charge in [-0.1, -0.05) is 0 Å². The molecule has 0 radical (unpaired) electrons. The third kappa shape index (κ3) is 5.23. The van der Waals surface area contributed by atoms with Crippen molar-refractivity contribution in [3.63, 3.8) is 0 Å². The lowest BCUT2D eigenvalue weighted by Gasteiger charge is -2.34. The molecule has 1 atom stereocenters. The number of ketones is 1. The highest BCUT2D eigenvalue weighted by Gasteiger charge is 2.30. The summed E-state index contributed by atoms with van der Waals surface area (Å²) in [4.78, 5) is 27.7. The average molecular weight is 501 g/mol. The number of aromatic amines is 1. The highest BCUT2D eigenvalue weighted by molar-refractivity contribution is 6.05. The summed E-state index contributed by atoms with van der Waals surface area (Å²) >= 11 is 0. The molecule has 4 heterocycles. The Kier molecular flexibility index (Phi) is 6.87. The van der Waals surface area contributed by atoms with E-state index in [0.717, 1.165) is 68.2 Å². The number of carbonyl (C=O) groups excluding carboxylic acids is 1. The van der Waals surface area contributed by atoms with E-state index >= 15 is 0 Å². The van der Waals surface area contributed by atoms with Crippen LogP contribution in [-0.4, -0.2) is 51.9 Å². The van der Waals surface area contributed by atoms with Crippen LogP contribution in [0.15, 0.2) is 55.0 Å². The molecule has 7 heteroatoms. The van der Waals surface area contributed by atoms with Crippen molar-refractivity contribution < 1.29 is 13.9 Å². The summed E-state index contributed by atoms with van der Waals surface area (Å²) in [6, 6.07) is 10.4. The van der Waals surface area contributed by atoms with Crippen LogP contribution >= 0.6 is 0 Å². The Hall–Kier alpha value is -3.32. The van der Waals surface area contributed by atoms with Crippen molar-refractivity contribution in [3.05, 3.63) is 66.4 Å². The summed E-state index contributed by atoms with van der Waals surface area (Å²) in [5, 5.41) is 2.33. The second-order valence-corrected chi connectivity index (χ2v) is 10.7. The zero-order chi connectivity index (χ0) is 25.2. The van der Waals surface area contributed by atoms with Gasteiger partial charge in [-0.2, -0.15) is 0 Å². The van der Waals surface area contributed by atoms with Crippen molar-refractivity contribution in [2.24, 2.45) is 11.8 Å². The maximum Gasteiger partial charge on any atom is 0.159 e. The van der Waals surface area contributed by atoms with Gasteiger partial charge in [0, 0.05) is 41.5 Å². The fourth-order valence-electron chi connectivity index (χ4n) is 6.28. The van der Waals surface area contributed by atoms with Crippen molar-refractivity contribution in [1.29, 1.82) is 0 Å². The highest BCUT2D eigenvalue weighted by Crippen LogP contribution is 2.40. The zero-order valence-corrected chi connectivity index (χ0v) is 21.0. The van der Waals surface area contributed by atoms with Crippen LogP contribution in [0.4, 0.5) is 4.39 Å². The molecule has 1 aliphatic heterocycles. The molecule has 1 aromatic carbocycles. The Bertz CT molecular complexity index is 1380. The number of benzene rings is 1. The maximum atomic E-state index is 13.2. The first-order chi connectivity index (χ1) is 18.1. The average Bonchev–Trinajstić information content (AvgIpc) is 3.42. The van der Waals surface area contributed by atoms with Gasteiger partial charge in [-0.25, -0.2) is 14.4 Å². The number of hydrogen-bond donors (Lipinski definition) is 1. The third-order valence-corrected chi connectivity index (χ3v) is 8.23. The molecule has 6 rings (SSSR count). The number of H-pyrrole nitrogens is 1. The lowest BCUT2D eigenvalue weighted by atomic mass is 9.76. The van der Waals surface area contributed by atoms with E-state index in [1.54, 1.807) is 12.1 Å². The van der Waals surface area contributed by atoms with Crippen LogP contribution in [0.2, 0.25) is 0 Å². The van der Waals surface area contributed by atoms with Gasteiger partial charge in [0.1, 0.15) is 17.3 Å². The number of piperidine rings is 1. The molecule has 4 aromatic rings. The van der Waals surface area contributed by atoms with Gasteiger partial charge in [-0.05, 0) is 92.9 Å². The second-order valence-electron chi connectivity index (χ2n) is 10.7. The predicted octanol–water partition coefficient (Wildman–Crippen LogP) is 5.88. The number of likely N-dealkylation sites (tertiary alicyclic amines) is 1. The predicted molar refractivity (Wildman–Crippen MR) is 142 cm³/mol. The lowest BCUT2D eigenvalue weighted by Crippen LogP contribution is -2.42. The van der Waals surface area contributed by atoms with Crippen LogP contribution in [-0.2, 0) is 4.79 Å². The number of pyridine rings is 2. The molecule has 2 aliphatic rings. The SMILES string of the molecule is O=C(CN1CCCC(COc2ccc(F)cc2)C1)C1CCC(c2cc[nH]c3cnc4nccc4c23)CC1. The van der Waals surface area contributed by atoms with Crippen molar-refractivity contribution in [2.45, 2.75) is 44.4 Å². The number of Topliss-reactive ketones (excluding diaryl/α,β-unsaturated/α-hetero) is 1. The van der Waals surface area contributed by atoms with Crippen LogP contribution in [0.5, 0.6) is 5.75 Å². The van der Waals surface area contributed by atoms with Gasteiger partial charge in [0.15, 0.2) is 5.65 Å². The molecule has 192 valence electrons. The number of halogens is 1. The van der Waals surface area contributed by atoms with E-state index < -0.39 is 0 Å². The van der Waals surface area contributed by atoms with Crippen LogP contribution in [0.1, 0.15) is 50.0 Å². The first-order valence-electron chi connectivity index (χ1n) is 13.5. The molecule has 2 fully saturated rings. The number of fused-ring (bicyclic) bond motifs is 3. The molecule has 37 heavy (non-hydrogen) atoms. The third-order valence-electron chi connectivity index (χ3n) is 8.23. The Labute approximate surface area is 216 Å². The number of rotatable bonds is 7. The summed E-state index contributed by atoms with van der Waals surface area (Å²) in [6.07, 6.45) is 11.8. The van der Waals surface area contributed by atoms with E-state index in [0.29, 0.717) is 36.5 Å². The minimum Gasteiger partial charge on any atom is -0.493 e. The minimum atomic E-state index is -0.256. The number of aromatic nitrogens is 3. The Morgan fingerprint density at radius 2 is 1.89 bits per heavy atom. The summed E-state index contributed by atoms with van der Waals surface area (Å²) in [5.41, 5.74) is 3.18. The van der Waals surface area contributed by atoms with Gasteiger partial charge in [0.25, 0.3) is 0 Å². The molecule has 0 amide bonds.